The van der Waals surface area contributed by atoms with Gasteiger partial charge in [0.25, 0.3) is 0 Å². The van der Waals surface area contributed by atoms with E-state index < -0.39 is 11.7 Å². The minimum atomic E-state index is -0.910. The number of ether oxygens (including phenoxy) is 1. The molecular weight excluding hydrogens is 144 g/mol. The average Bonchev–Trinajstić information content (AvgIpc) is 1.86. The Balaban J connectivity index is 4.02. The van der Waals surface area contributed by atoms with E-state index in [9.17, 15) is 0 Å². The Morgan fingerprint density at radius 1 is 1.00 bits per heavy atom. The lowest BCUT2D eigenvalue weighted by Gasteiger charge is -2.34. The van der Waals surface area contributed by atoms with Crippen molar-refractivity contribution in [2.24, 2.45) is 11.5 Å². The second-order valence-corrected chi connectivity index (χ2v) is 2.82. The highest BCUT2D eigenvalue weighted by Crippen LogP contribution is 2.04. The van der Waals surface area contributed by atoms with E-state index in [0.29, 0.717) is 0 Å². The maximum atomic E-state index is 5.62. The molecule has 0 heterocycles. The predicted octanol–water partition coefficient (Wildman–Crippen LogP) is -1.29. The summed E-state index contributed by atoms with van der Waals surface area (Å²) in [6, 6.07) is 0. The summed E-state index contributed by atoms with van der Waals surface area (Å²) in [5.41, 5.74) is 11.2. The van der Waals surface area contributed by atoms with Gasteiger partial charge in [-0.25, -0.2) is 0 Å². The first-order valence-corrected chi connectivity index (χ1v) is 3.49. The molecule has 0 saturated carbocycles. The van der Waals surface area contributed by atoms with Crippen molar-refractivity contribution in [3.05, 3.63) is 0 Å². The Morgan fingerprint density at radius 2 is 1.27 bits per heavy atom. The lowest BCUT2D eigenvalue weighted by atomic mass is 10.4. The van der Waals surface area contributed by atoms with E-state index >= 15 is 0 Å². The number of nitrogens with one attached hydrogen (secondary N) is 2. The third-order valence-electron chi connectivity index (χ3n) is 1.42. The van der Waals surface area contributed by atoms with Gasteiger partial charge in [-0.15, -0.1) is 0 Å². The molecule has 68 valence electrons. The number of rotatable bonds is 4. The van der Waals surface area contributed by atoms with Gasteiger partial charge in [0.15, 0.2) is 11.7 Å². The van der Waals surface area contributed by atoms with Crippen LogP contribution in [0.2, 0.25) is 0 Å². The summed E-state index contributed by atoms with van der Waals surface area (Å²) in [6.07, 6.45) is 0. The Kier molecular flexibility index (Phi) is 3.40. The number of hydrogen-bond donors (Lipinski definition) is 4. The molecule has 0 saturated heterocycles. The first-order valence-electron chi connectivity index (χ1n) is 3.49. The molecular formula is C6H18N4O. The Hall–Kier alpha value is -0.200. The topological polar surface area (TPSA) is 85.3 Å². The smallest absolute Gasteiger partial charge is 0.172 e. The van der Waals surface area contributed by atoms with Gasteiger partial charge in [0, 0.05) is 0 Å². The van der Waals surface area contributed by atoms with Crippen molar-refractivity contribution in [2.45, 2.75) is 25.5 Å². The maximum absolute atomic E-state index is 5.62. The summed E-state index contributed by atoms with van der Waals surface area (Å²) in [7, 11) is 3.40. The van der Waals surface area contributed by atoms with Crippen molar-refractivity contribution in [1.82, 2.24) is 10.6 Å². The first kappa shape index (κ1) is 10.8. The Morgan fingerprint density at radius 3 is 1.45 bits per heavy atom. The van der Waals surface area contributed by atoms with Crippen LogP contribution in [0.15, 0.2) is 0 Å². The molecule has 0 rings (SSSR count). The highest BCUT2D eigenvalue weighted by Gasteiger charge is 2.26. The van der Waals surface area contributed by atoms with Crippen molar-refractivity contribution < 1.29 is 4.74 Å². The van der Waals surface area contributed by atoms with E-state index in [-0.39, 0.29) is 0 Å². The molecule has 0 aromatic rings. The summed E-state index contributed by atoms with van der Waals surface area (Å²) in [5.74, 6) is -1.82. The zero-order valence-corrected chi connectivity index (χ0v) is 7.56. The molecule has 0 aromatic carbocycles. The molecule has 0 radical (unpaired) electrons. The van der Waals surface area contributed by atoms with Gasteiger partial charge in [0.05, 0.1) is 0 Å². The number of hydrogen-bond acceptors (Lipinski definition) is 5. The van der Waals surface area contributed by atoms with Crippen LogP contribution in [0.5, 0.6) is 0 Å². The SMILES string of the molecule is CNC(C)(N)OC(C)(N)NC. The zero-order valence-electron chi connectivity index (χ0n) is 7.56. The quantitative estimate of drug-likeness (QED) is 0.386. The van der Waals surface area contributed by atoms with Gasteiger partial charge < -0.3 is 4.74 Å². The third kappa shape index (κ3) is 4.28. The molecule has 2 atom stereocenters. The first-order chi connectivity index (χ1) is 4.83. The fourth-order valence-electron chi connectivity index (χ4n) is 0.542. The Bertz CT molecular complexity index is 110. The standard InChI is InChI=1S/C6H18N4O/c1-5(7,9-3)11-6(2,8)10-4/h9-10H,7-8H2,1-4H3. The summed E-state index contributed by atoms with van der Waals surface area (Å²) >= 11 is 0. The molecule has 6 N–H and O–H groups in total. The maximum Gasteiger partial charge on any atom is 0.172 e. The van der Waals surface area contributed by atoms with E-state index in [4.69, 9.17) is 16.2 Å². The lowest BCUT2D eigenvalue weighted by molar-refractivity contribution is -0.161. The minimum Gasteiger partial charge on any atom is -0.314 e. The molecule has 0 aliphatic carbocycles. The number of nitrogens with two attached hydrogens (primary N) is 2. The van der Waals surface area contributed by atoms with Crippen LogP contribution in [0.3, 0.4) is 0 Å². The monoisotopic (exact) mass is 162 g/mol. The van der Waals surface area contributed by atoms with E-state index in [2.05, 4.69) is 10.6 Å². The lowest BCUT2D eigenvalue weighted by Crippen LogP contribution is -2.63. The van der Waals surface area contributed by atoms with E-state index in [1.807, 2.05) is 0 Å². The highest BCUT2D eigenvalue weighted by molar-refractivity contribution is 4.68. The van der Waals surface area contributed by atoms with Gasteiger partial charge in [0.1, 0.15) is 0 Å². The van der Waals surface area contributed by atoms with Gasteiger partial charge in [-0.1, -0.05) is 0 Å². The van der Waals surface area contributed by atoms with Crippen molar-refractivity contribution in [3.8, 4) is 0 Å². The molecule has 0 amide bonds. The fourth-order valence-corrected chi connectivity index (χ4v) is 0.542. The summed E-state index contributed by atoms with van der Waals surface area (Å²) in [6.45, 7) is 3.38. The molecule has 0 fully saturated rings. The third-order valence-corrected chi connectivity index (χ3v) is 1.42. The van der Waals surface area contributed by atoms with Crippen LogP contribution in [0.4, 0.5) is 0 Å². The molecule has 11 heavy (non-hydrogen) atoms. The van der Waals surface area contributed by atoms with Crippen LogP contribution in [-0.4, -0.2) is 25.8 Å². The molecule has 0 aliphatic rings. The van der Waals surface area contributed by atoms with Crippen LogP contribution >= 0.6 is 0 Å². The molecule has 5 nitrogen and oxygen atoms in total. The summed E-state index contributed by atoms with van der Waals surface area (Å²) in [5, 5.41) is 5.53. The molecule has 0 aromatic heterocycles. The van der Waals surface area contributed by atoms with Crippen molar-refractivity contribution in [3.63, 3.8) is 0 Å². The van der Waals surface area contributed by atoms with E-state index in [1.165, 1.54) is 0 Å². The summed E-state index contributed by atoms with van der Waals surface area (Å²) < 4.78 is 5.26. The largest absolute Gasteiger partial charge is 0.314 e. The minimum absolute atomic E-state index is 0.910. The zero-order chi connectivity index (χ0) is 9.12. The van der Waals surface area contributed by atoms with E-state index in [1.54, 1.807) is 27.9 Å². The van der Waals surface area contributed by atoms with Gasteiger partial charge in [-0.3, -0.25) is 22.1 Å². The van der Waals surface area contributed by atoms with Gasteiger partial charge in [-0.05, 0) is 27.9 Å². The highest BCUT2D eigenvalue weighted by atomic mass is 16.6. The molecule has 0 bridgehead atoms. The molecule has 2 unspecified atom stereocenters. The fraction of sp³-hybridized carbons (Fsp3) is 1.00. The van der Waals surface area contributed by atoms with Crippen molar-refractivity contribution in [2.75, 3.05) is 14.1 Å². The summed E-state index contributed by atoms with van der Waals surface area (Å²) in [4.78, 5) is 0. The average molecular weight is 162 g/mol. The van der Waals surface area contributed by atoms with Crippen LogP contribution in [0.1, 0.15) is 13.8 Å². The van der Waals surface area contributed by atoms with Crippen molar-refractivity contribution >= 4 is 0 Å². The molecule has 5 heteroatoms. The van der Waals surface area contributed by atoms with Gasteiger partial charge in [0.2, 0.25) is 0 Å². The molecule has 0 spiro atoms. The normalized spacial score (nSPS) is 22.4. The Labute approximate surface area is 67.5 Å². The van der Waals surface area contributed by atoms with Crippen molar-refractivity contribution in [1.29, 1.82) is 0 Å². The predicted molar refractivity (Wildman–Crippen MR) is 44.4 cm³/mol. The van der Waals surface area contributed by atoms with Crippen LogP contribution in [0, 0.1) is 0 Å². The van der Waals surface area contributed by atoms with E-state index in [0.717, 1.165) is 0 Å². The van der Waals surface area contributed by atoms with Crippen LogP contribution in [0.25, 0.3) is 0 Å². The second kappa shape index (κ2) is 3.46. The second-order valence-electron chi connectivity index (χ2n) is 2.82. The molecule has 0 aliphatic heterocycles. The van der Waals surface area contributed by atoms with Crippen LogP contribution in [-0.2, 0) is 4.74 Å². The van der Waals surface area contributed by atoms with Crippen LogP contribution < -0.4 is 22.1 Å². The van der Waals surface area contributed by atoms with Gasteiger partial charge in [-0.2, -0.15) is 0 Å². The van der Waals surface area contributed by atoms with Gasteiger partial charge >= 0.3 is 0 Å².